The lowest BCUT2D eigenvalue weighted by atomic mass is 10.1. The first-order valence-electron chi connectivity index (χ1n) is 7.30. The van der Waals surface area contributed by atoms with E-state index in [1.165, 1.54) is 4.68 Å². The van der Waals surface area contributed by atoms with Gasteiger partial charge in [0, 0.05) is 11.3 Å². The number of tetrazole rings is 1. The molecular formula is C16H11F5N4S. The largest absolute Gasteiger partial charge is 0.214 e. The van der Waals surface area contributed by atoms with E-state index in [-0.39, 0.29) is 5.16 Å². The number of halogens is 5. The summed E-state index contributed by atoms with van der Waals surface area (Å²) < 4.78 is 68.6. The molecule has 0 radical (unpaired) electrons. The van der Waals surface area contributed by atoms with Crippen LogP contribution in [-0.4, -0.2) is 20.2 Å². The molecule has 3 rings (SSSR count). The van der Waals surface area contributed by atoms with Gasteiger partial charge in [-0.3, -0.25) is 0 Å². The van der Waals surface area contributed by atoms with E-state index < -0.39 is 40.4 Å². The molecule has 2 aromatic carbocycles. The number of benzene rings is 2. The molecule has 0 aliphatic rings. The molecule has 0 amide bonds. The number of thioether (sulfide) groups is 1. The van der Waals surface area contributed by atoms with Crippen LogP contribution in [0.2, 0.25) is 0 Å². The van der Waals surface area contributed by atoms with Gasteiger partial charge in [-0.1, -0.05) is 29.5 Å². The summed E-state index contributed by atoms with van der Waals surface area (Å²) in [5.74, 6) is -10.4. The van der Waals surface area contributed by atoms with Gasteiger partial charge in [-0.2, -0.15) is 4.68 Å². The van der Waals surface area contributed by atoms with Crippen molar-refractivity contribution in [1.29, 1.82) is 0 Å². The van der Waals surface area contributed by atoms with Crippen LogP contribution in [0.4, 0.5) is 22.0 Å². The third kappa shape index (κ3) is 3.16. The van der Waals surface area contributed by atoms with E-state index in [1.54, 1.807) is 6.07 Å². The van der Waals surface area contributed by atoms with Gasteiger partial charge in [0.1, 0.15) is 0 Å². The van der Waals surface area contributed by atoms with Crippen molar-refractivity contribution in [2.75, 3.05) is 0 Å². The third-order valence-corrected chi connectivity index (χ3v) is 4.61. The summed E-state index contributed by atoms with van der Waals surface area (Å²) in [6, 6.07) is 5.50. The number of aromatic nitrogens is 4. The number of nitrogens with zero attached hydrogens (tertiary/aromatic N) is 4. The maximum Gasteiger partial charge on any atom is 0.214 e. The van der Waals surface area contributed by atoms with E-state index in [0.717, 1.165) is 22.9 Å². The van der Waals surface area contributed by atoms with Crippen LogP contribution >= 0.6 is 11.8 Å². The van der Waals surface area contributed by atoms with Gasteiger partial charge in [-0.15, -0.1) is 5.10 Å². The summed E-state index contributed by atoms with van der Waals surface area (Å²) >= 11 is 0.757. The monoisotopic (exact) mass is 386 g/mol. The highest BCUT2D eigenvalue weighted by Gasteiger charge is 2.26. The normalized spacial score (nSPS) is 11.2. The highest BCUT2D eigenvalue weighted by Crippen LogP contribution is 2.29. The van der Waals surface area contributed by atoms with Gasteiger partial charge in [-0.05, 0) is 35.9 Å². The lowest BCUT2D eigenvalue weighted by Gasteiger charge is -2.10. The molecule has 0 fully saturated rings. The fourth-order valence-electron chi connectivity index (χ4n) is 2.38. The number of hydrogen-bond donors (Lipinski definition) is 0. The van der Waals surface area contributed by atoms with Crippen molar-refractivity contribution in [1.82, 2.24) is 20.2 Å². The average Bonchev–Trinajstić information content (AvgIpc) is 3.06. The summed E-state index contributed by atoms with van der Waals surface area (Å²) in [6.07, 6.45) is 0. The maximum absolute atomic E-state index is 13.8. The second kappa shape index (κ2) is 7.02. The Morgan fingerprint density at radius 2 is 1.54 bits per heavy atom. The molecule has 136 valence electrons. The molecule has 3 aromatic rings. The standard InChI is InChI=1S/C16H11F5N4S/c1-7-3-4-10(8(2)5-7)25-16(22-23-24-25)26-6-9-11(17)13(19)15(21)14(20)12(9)18/h3-5H,6H2,1-2H3. The van der Waals surface area contributed by atoms with E-state index in [1.807, 2.05) is 26.0 Å². The Labute approximate surface area is 149 Å². The molecule has 1 heterocycles. The molecule has 0 unspecified atom stereocenters. The quantitative estimate of drug-likeness (QED) is 0.291. The fourth-order valence-corrected chi connectivity index (χ4v) is 3.26. The third-order valence-electron chi connectivity index (χ3n) is 3.67. The Kier molecular flexibility index (Phi) is 4.94. The number of aryl methyl sites for hydroxylation is 2. The molecular weight excluding hydrogens is 375 g/mol. The van der Waals surface area contributed by atoms with Crippen LogP contribution < -0.4 is 0 Å². The Morgan fingerprint density at radius 3 is 2.15 bits per heavy atom. The Hall–Kier alpha value is -2.49. The smallest absolute Gasteiger partial charge is 0.203 e. The molecule has 0 atom stereocenters. The van der Waals surface area contributed by atoms with E-state index in [0.29, 0.717) is 5.69 Å². The van der Waals surface area contributed by atoms with Crippen LogP contribution in [0, 0.1) is 42.9 Å². The molecule has 1 aromatic heterocycles. The van der Waals surface area contributed by atoms with Crippen molar-refractivity contribution < 1.29 is 22.0 Å². The number of hydrogen-bond acceptors (Lipinski definition) is 4. The summed E-state index contributed by atoms with van der Waals surface area (Å²) in [5, 5.41) is 11.2. The van der Waals surface area contributed by atoms with Gasteiger partial charge in [0.2, 0.25) is 11.0 Å². The molecule has 0 aliphatic carbocycles. The van der Waals surface area contributed by atoms with E-state index in [2.05, 4.69) is 15.5 Å². The van der Waals surface area contributed by atoms with Gasteiger partial charge >= 0.3 is 0 Å². The summed E-state index contributed by atoms with van der Waals surface area (Å²) in [7, 11) is 0. The van der Waals surface area contributed by atoms with Crippen LogP contribution in [0.1, 0.15) is 16.7 Å². The molecule has 0 saturated heterocycles. The topological polar surface area (TPSA) is 43.6 Å². The molecule has 10 heteroatoms. The van der Waals surface area contributed by atoms with Crippen molar-refractivity contribution in [3.63, 3.8) is 0 Å². The van der Waals surface area contributed by atoms with Crippen molar-refractivity contribution in [3.8, 4) is 5.69 Å². The van der Waals surface area contributed by atoms with Crippen LogP contribution in [0.3, 0.4) is 0 Å². The van der Waals surface area contributed by atoms with Gasteiger partial charge in [0.25, 0.3) is 0 Å². The van der Waals surface area contributed by atoms with Crippen LogP contribution in [0.15, 0.2) is 23.4 Å². The summed E-state index contributed by atoms with van der Waals surface area (Å²) in [6.45, 7) is 3.75. The summed E-state index contributed by atoms with van der Waals surface area (Å²) in [4.78, 5) is 0. The first-order valence-corrected chi connectivity index (χ1v) is 8.29. The van der Waals surface area contributed by atoms with Crippen molar-refractivity contribution >= 4 is 11.8 Å². The van der Waals surface area contributed by atoms with Gasteiger partial charge in [0.15, 0.2) is 23.3 Å². The molecule has 0 spiro atoms. The van der Waals surface area contributed by atoms with Crippen LogP contribution in [-0.2, 0) is 5.75 Å². The average molecular weight is 386 g/mol. The molecule has 26 heavy (non-hydrogen) atoms. The predicted octanol–water partition coefficient (Wildman–Crippen LogP) is 4.27. The van der Waals surface area contributed by atoms with Crippen molar-refractivity contribution in [2.45, 2.75) is 24.8 Å². The molecule has 4 nitrogen and oxygen atoms in total. The fraction of sp³-hybridized carbons (Fsp3) is 0.188. The Bertz CT molecular complexity index is 960. The predicted molar refractivity (Wildman–Crippen MR) is 84.4 cm³/mol. The van der Waals surface area contributed by atoms with Crippen molar-refractivity contribution in [3.05, 3.63) is 64.0 Å². The minimum Gasteiger partial charge on any atom is -0.203 e. The molecule has 0 bridgehead atoms. The first kappa shape index (κ1) is 18.3. The van der Waals surface area contributed by atoms with Crippen LogP contribution in [0.25, 0.3) is 5.69 Å². The zero-order valence-electron chi connectivity index (χ0n) is 13.5. The SMILES string of the molecule is Cc1ccc(-n2nnnc2SCc2c(F)c(F)c(F)c(F)c2F)c(C)c1. The lowest BCUT2D eigenvalue weighted by molar-refractivity contribution is 0.372. The Morgan fingerprint density at radius 1 is 0.923 bits per heavy atom. The zero-order valence-corrected chi connectivity index (χ0v) is 14.3. The van der Waals surface area contributed by atoms with Gasteiger partial charge in [-0.25, -0.2) is 22.0 Å². The minimum atomic E-state index is -2.19. The van der Waals surface area contributed by atoms with Crippen LogP contribution in [0.5, 0.6) is 0 Å². The molecule has 0 saturated carbocycles. The minimum absolute atomic E-state index is 0.154. The Balaban J connectivity index is 1.93. The zero-order chi connectivity index (χ0) is 19.0. The summed E-state index contributed by atoms with van der Waals surface area (Å²) in [5.41, 5.74) is 1.59. The first-order chi connectivity index (χ1) is 12.3. The highest BCUT2D eigenvalue weighted by molar-refractivity contribution is 7.98. The maximum atomic E-state index is 13.8. The van der Waals surface area contributed by atoms with Gasteiger partial charge < -0.3 is 0 Å². The van der Waals surface area contributed by atoms with E-state index >= 15 is 0 Å². The number of rotatable bonds is 4. The highest BCUT2D eigenvalue weighted by atomic mass is 32.2. The van der Waals surface area contributed by atoms with Gasteiger partial charge in [0.05, 0.1) is 5.69 Å². The van der Waals surface area contributed by atoms with E-state index in [4.69, 9.17) is 0 Å². The van der Waals surface area contributed by atoms with E-state index in [9.17, 15) is 22.0 Å². The van der Waals surface area contributed by atoms with Crippen molar-refractivity contribution in [2.24, 2.45) is 0 Å². The molecule has 0 N–H and O–H groups in total. The second-order valence-electron chi connectivity index (χ2n) is 5.50. The molecule has 0 aliphatic heterocycles. The second-order valence-corrected chi connectivity index (χ2v) is 6.44. The lowest BCUT2D eigenvalue weighted by Crippen LogP contribution is -2.07.